The summed E-state index contributed by atoms with van der Waals surface area (Å²) in [6.45, 7) is 0. The predicted octanol–water partition coefficient (Wildman–Crippen LogP) is 2.94. The van der Waals surface area contributed by atoms with Crippen molar-refractivity contribution >= 4 is 35.1 Å². The summed E-state index contributed by atoms with van der Waals surface area (Å²) in [6.07, 6.45) is -0.794. The molecule has 0 saturated carbocycles. The maximum Gasteiger partial charge on any atom is 0.448 e. The van der Waals surface area contributed by atoms with Crippen LogP contribution >= 0.6 is 23.8 Å². The molecule has 0 aliphatic carbocycles. The maximum absolute atomic E-state index is 10.7. The van der Waals surface area contributed by atoms with Gasteiger partial charge in [-0.2, -0.15) is 0 Å². The van der Waals surface area contributed by atoms with Crippen LogP contribution in [0.2, 0.25) is 5.02 Å². The van der Waals surface area contributed by atoms with E-state index in [9.17, 15) is 4.79 Å². The molecule has 0 saturated heterocycles. The third-order valence-corrected chi connectivity index (χ3v) is 1.50. The van der Waals surface area contributed by atoms with Crippen LogP contribution < -0.4 is 4.74 Å². The minimum atomic E-state index is -0.794. The summed E-state index contributed by atoms with van der Waals surface area (Å²) in [5.41, 5.74) is 0. The number of carbonyl (C=O) groups is 1. The minimum absolute atomic E-state index is 0.364. The van der Waals surface area contributed by atoms with E-state index in [1.54, 1.807) is 24.3 Å². The Kier molecular flexibility index (Phi) is 3.58. The number of hydrogen-bond acceptors (Lipinski definition) is 3. The number of nitrogens with zero attached hydrogens (tertiary/aromatic N) is 1. The lowest BCUT2D eigenvalue weighted by atomic mass is 10.3. The molecule has 1 aromatic carbocycles. The Hall–Kier alpha value is -1.22. The molecule has 0 bridgehead atoms. The van der Waals surface area contributed by atoms with Gasteiger partial charge in [0.25, 0.3) is 0 Å². The number of amides is 1. The minimum Gasteiger partial charge on any atom is -0.408 e. The lowest BCUT2D eigenvalue weighted by molar-refractivity contribution is 0.211. The normalized spacial score (nSPS) is 8.69. The lowest BCUT2D eigenvalue weighted by Gasteiger charge is -1.98. The third-order valence-electron chi connectivity index (χ3n) is 1.16. The fourth-order valence-electron chi connectivity index (χ4n) is 0.664. The Bertz CT molecular complexity index is 357. The molecule has 0 aliphatic rings. The fourth-order valence-corrected chi connectivity index (χ4v) is 0.864. The Morgan fingerprint density at radius 1 is 1.46 bits per heavy atom. The summed E-state index contributed by atoms with van der Waals surface area (Å²) in [5, 5.41) is 2.47. The van der Waals surface area contributed by atoms with Crippen molar-refractivity contribution in [1.29, 1.82) is 0 Å². The van der Waals surface area contributed by atoms with Crippen LogP contribution in [0.25, 0.3) is 0 Å². The van der Waals surface area contributed by atoms with Gasteiger partial charge in [-0.3, -0.25) is 0 Å². The van der Waals surface area contributed by atoms with Crippen molar-refractivity contribution in [3.8, 4) is 5.75 Å². The highest BCUT2D eigenvalue weighted by Gasteiger charge is 2.00. The molecule has 0 aliphatic heterocycles. The van der Waals surface area contributed by atoms with Gasteiger partial charge in [0.05, 0.1) is 5.16 Å². The highest BCUT2D eigenvalue weighted by atomic mass is 35.5. The maximum atomic E-state index is 10.7. The highest BCUT2D eigenvalue weighted by Crippen LogP contribution is 2.15. The van der Waals surface area contributed by atoms with E-state index < -0.39 is 6.09 Å². The topological polar surface area (TPSA) is 38.7 Å². The van der Waals surface area contributed by atoms with Crippen LogP contribution in [-0.4, -0.2) is 11.3 Å². The molecule has 0 heterocycles. The number of benzene rings is 1. The van der Waals surface area contributed by atoms with Gasteiger partial charge in [-0.05, 0) is 36.5 Å². The van der Waals surface area contributed by atoms with Gasteiger partial charge >= 0.3 is 6.09 Å². The summed E-state index contributed by atoms with van der Waals surface area (Å²) < 4.78 is 4.72. The first-order valence-electron chi connectivity index (χ1n) is 3.27. The molecule has 13 heavy (non-hydrogen) atoms. The molecule has 0 unspecified atom stereocenters. The largest absolute Gasteiger partial charge is 0.448 e. The average molecular weight is 214 g/mol. The quantitative estimate of drug-likeness (QED) is 0.532. The Labute approximate surface area is 85.0 Å². The number of isothiocyanates is 1. The van der Waals surface area contributed by atoms with Gasteiger partial charge in [0.2, 0.25) is 0 Å². The van der Waals surface area contributed by atoms with Crippen LogP contribution in [0.15, 0.2) is 29.3 Å². The van der Waals surface area contributed by atoms with Crippen LogP contribution in [0.5, 0.6) is 5.75 Å². The molecular formula is C8H4ClNO2S. The van der Waals surface area contributed by atoms with Crippen molar-refractivity contribution in [1.82, 2.24) is 0 Å². The molecule has 0 N–H and O–H groups in total. The molecule has 3 nitrogen and oxygen atoms in total. The van der Waals surface area contributed by atoms with E-state index in [1.807, 2.05) is 5.16 Å². The zero-order chi connectivity index (χ0) is 9.68. The van der Waals surface area contributed by atoms with Crippen LogP contribution in [0, 0.1) is 0 Å². The molecular weight excluding hydrogens is 210 g/mol. The molecule has 1 rings (SSSR count). The SMILES string of the molecule is O=C(N=C=S)Oc1ccc(Cl)cc1. The summed E-state index contributed by atoms with van der Waals surface area (Å²) in [4.78, 5) is 13.9. The Morgan fingerprint density at radius 2 is 2.08 bits per heavy atom. The number of halogens is 1. The van der Waals surface area contributed by atoms with Crippen molar-refractivity contribution in [2.45, 2.75) is 0 Å². The first kappa shape index (κ1) is 9.86. The zero-order valence-corrected chi connectivity index (χ0v) is 7.93. The number of aliphatic imine (C=N–C) groups is 1. The number of hydrogen-bond donors (Lipinski definition) is 0. The Balaban J connectivity index is 2.69. The number of thiocarbonyl (C=S) groups is 1. The number of carbonyl (C=O) groups excluding carboxylic acids is 1. The van der Waals surface area contributed by atoms with Crippen molar-refractivity contribution in [3.05, 3.63) is 29.3 Å². The lowest BCUT2D eigenvalue weighted by Crippen LogP contribution is -2.00. The molecule has 0 aromatic heterocycles. The monoisotopic (exact) mass is 213 g/mol. The van der Waals surface area contributed by atoms with Gasteiger partial charge < -0.3 is 4.74 Å². The fraction of sp³-hybridized carbons (Fsp3) is 0. The van der Waals surface area contributed by atoms with E-state index in [0.29, 0.717) is 10.8 Å². The van der Waals surface area contributed by atoms with Gasteiger partial charge in [-0.15, -0.1) is 4.99 Å². The predicted molar refractivity (Wildman–Crippen MR) is 52.5 cm³/mol. The van der Waals surface area contributed by atoms with Gasteiger partial charge in [0.15, 0.2) is 0 Å². The summed E-state index contributed by atoms with van der Waals surface area (Å²) in [5.74, 6) is 0.364. The average Bonchev–Trinajstić information content (AvgIpc) is 2.09. The molecule has 0 fully saturated rings. The van der Waals surface area contributed by atoms with Gasteiger partial charge in [-0.1, -0.05) is 11.6 Å². The van der Waals surface area contributed by atoms with Crippen molar-refractivity contribution in [2.24, 2.45) is 4.99 Å². The molecule has 1 aromatic rings. The van der Waals surface area contributed by atoms with Crippen LogP contribution in [0.4, 0.5) is 4.79 Å². The van der Waals surface area contributed by atoms with Crippen molar-refractivity contribution in [2.75, 3.05) is 0 Å². The van der Waals surface area contributed by atoms with Crippen LogP contribution in [0.3, 0.4) is 0 Å². The molecule has 0 radical (unpaired) electrons. The van der Waals surface area contributed by atoms with Crippen molar-refractivity contribution < 1.29 is 9.53 Å². The molecule has 5 heteroatoms. The van der Waals surface area contributed by atoms with Crippen LogP contribution in [-0.2, 0) is 0 Å². The molecule has 66 valence electrons. The van der Waals surface area contributed by atoms with E-state index >= 15 is 0 Å². The highest BCUT2D eigenvalue weighted by molar-refractivity contribution is 7.78. The van der Waals surface area contributed by atoms with Gasteiger partial charge in [0, 0.05) is 5.02 Å². The van der Waals surface area contributed by atoms with E-state index in [4.69, 9.17) is 16.3 Å². The first-order chi connectivity index (χ1) is 6.22. The second-order valence-corrected chi connectivity index (χ2v) is 2.64. The number of ether oxygens (including phenoxy) is 1. The first-order valence-corrected chi connectivity index (χ1v) is 4.06. The van der Waals surface area contributed by atoms with Gasteiger partial charge in [-0.25, -0.2) is 4.79 Å². The van der Waals surface area contributed by atoms with Crippen molar-refractivity contribution in [3.63, 3.8) is 0 Å². The summed E-state index contributed by atoms with van der Waals surface area (Å²) in [6, 6.07) is 6.31. The zero-order valence-electron chi connectivity index (χ0n) is 6.36. The standard InChI is InChI=1S/C8H4ClNO2S/c9-6-1-3-7(4-2-6)12-8(11)10-5-13/h1-4H. The summed E-state index contributed by atoms with van der Waals surface area (Å²) in [7, 11) is 0. The van der Waals surface area contributed by atoms with E-state index in [2.05, 4.69) is 17.2 Å². The van der Waals surface area contributed by atoms with E-state index in [-0.39, 0.29) is 0 Å². The second kappa shape index (κ2) is 4.72. The summed E-state index contributed by atoms with van der Waals surface area (Å²) >= 11 is 9.84. The molecule has 1 amide bonds. The molecule has 0 atom stereocenters. The molecule has 0 spiro atoms. The van der Waals surface area contributed by atoms with Crippen LogP contribution in [0.1, 0.15) is 0 Å². The van der Waals surface area contributed by atoms with E-state index in [0.717, 1.165) is 0 Å². The second-order valence-electron chi connectivity index (χ2n) is 2.02. The smallest absolute Gasteiger partial charge is 0.408 e. The van der Waals surface area contributed by atoms with E-state index in [1.165, 1.54) is 0 Å². The third kappa shape index (κ3) is 3.34. The van der Waals surface area contributed by atoms with Gasteiger partial charge in [0.1, 0.15) is 5.75 Å². The number of rotatable bonds is 1. The Morgan fingerprint density at radius 3 is 2.62 bits per heavy atom.